The van der Waals surface area contributed by atoms with Crippen molar-refractivity contribution in [2.75, 3.05) is 24.6 Å². The smallest absolute Gasteiger partial charge is 0.0168 e. The molecule has 0 bridgehead atoms. The van der Waals surface area contributed by atoms with Crippen molar-refractivity contribution in [1.82, 2.24) is 10.2 Å². The Balaban J connectivity index is 1.74. The summed E-state index contributed by atoms with van der Waals surface area (Å²) in [7, 11) is 0. The lowest BCUT2D eigenvalue weighted by Crippen LogP contribution is -2.39. The first-order valence-electron chi connectivity index (χ1n) is 6.83. The van der Waals surface area contributed by atoms with Gasteiger partial charge in [0.15, 0.2) is 0 Å². The number of hydrogen-bond donors (Lipinski definition) is 1. The van der Waals surface area contributed by atoms with Crippen LogP contribution >= 0.6 is 11.8 Å². The minimum Gasteiger partial charge on any atom is -0.310 e. The molecule has 2 heterocycles. The maximum absolute atomic E-state index is 3.87. The lowest BCUT2D eigenvalue weighted by molar-refractivity contribution is 0.228. The SMILES string of the molecule is CC(C)N1CCCC(NC2CCSC2)CC1. The van der Waals surface area contributed by atoms with E-state index < -0.39 is 0 Å². The van der Waals surface area contributed by atoms with Gasteiger partial charge in [-0.1, -0.05) is 0 Å². The quantitative estimate of drug-likeness (QED) is 0.818. The zero-order valence-electron chi connectivity index (χ0n) is 10.7. The standard InChI is InChI=1S/C13H26N2S/c1-11(2)15-7-3-4-12(5-8-15)14-13-6-9-16-10-13/h11-14H,3-10H2,1-2H3. The normalized spacial score (nSPS) is 33.2. The van der Waals surface area contributed by atoms with Gasteiger partial charge in [0.1, 0.15) is 0 Å². The van der Waals surface area contributed by atoms with Crippen LogP contribution in [0, 0.1) is 0 Å². The molecule has 0 radical (unpaired) electrons. The summed E-state index contributed by atoms with van der Waals surface area (Å²) in [5.74, 6) is 2.70. The van der Waals surface area contributed by atoms with Gasteiger partial charge in [0.25, 0.3) is 0 Å². The molecule has 0 spiro atoms. The van der Waals surface area contributed by atoms with Crippen molar-refractivity contribution in [3.8, 4) is 0 Å². The van der Waals surface area contributed by atoms with E-state index in [0.717, 1.165) is 18.1 Å². The molecule has 0 aromatic rings. The van der Waals surface area contributed by atoms with Gasteiger partial charge in [-0.15, -0.1) is 0 Å². The van der Waals surface area contributed by atoms with Crippen LogP contribution in [-0.4, -0.2) is 47.6 Å². The average molecular weight is 242 g/mol. The first-order chi connectivity index (χ1) is 7.75. The highest BCUT2D eigenvalue weighted by molar-refractivity contribution is 7.99. The summed E-state index contributed by atoms with van der Waals surface area (Å²) in [6, 6.07) is 2.31. The fourth-order valence-corrected chi connectivity index (χ4v) is 3.97. The average Bonchev–Trinajstić information content (AvgIpc) is 2.63. The topological polar surface area (TPSA) is 15.3 Å². The van der Waals surface area contributed by atoms with Gasteiger partial charge in [0.05, 0.1) is 0 Å². The van der Waals surface area contributed by atoms with E-state index in [1.54, 1.807) is 0 Å². The Morgan fingerprint density at radius 2 is 2.00 bits per heavy atom. The number of likely N-dealkylation sites (tertiary alicyclic amines) is 1. The second-order valence-corrected chi connectivity index (χ2v) is 6.63. The minimum absolute atomic E-state index is 0.723. The Morgan fingerprint density at radius 3 is 2.69 bits per heavy atom. The monoisotopic (exact) mass is 242 g/mol. The Morgan fingerprint density at radius 1 is 1.12 bits per heavy atom. The number of hydrogen-bond acceptors (Lipinski definition) is 3. The van der Waals surface area contributed by atoms with Crippen LogP contribution in [0.15, 0.2) is 0 Å². The summed E-state index contributed by atoms with van der Waals surface area (Å²) in [6.45, 7) is 7.23. The van der Waals surface area contributed by atoms with Gasteiger partial charge < -0.3 is 10.2 Å². The lowest BCUT2D eigenvalue weighted by atomic mass is 10.1. The van der Waals surface area contributed by atoms with Crippen molar-refractivity contribution in [3.05, 3.63) is 0 Å². The molecule has 0 aromatic heterocycles. The van der Waals surface area contributed by atoms with Gasteiger partial charge in [-0.3, -0.25) is 0 Å². The molecular weight excluding hydrogens is 216 g/mol. The third-order valence-corrected chi connectivity index (χ3v) is 5.06. The molecule has 2 rings (SSSR count). The van der Waals surface area contributed by atoms with Crippen LogP contribution in [0.3, 0.4) is 0 Å². The fraction of sp³-hybridized carbons (Fsp3) is 1.00. The van der Waals surface area contributed by atoms with Crippen molar-refractivity contribution < 1.29 is 0 Å². The Labute approximate surface area is 105 Å². The number of nitrogens with zero attached hydrogens (tertiary/aromatic N) is 1. The molecule has 2 nitrogen and oxygen atoms in total. The van der Waals surface area contributed by atoms with E-state index in [2.05, 4.69) is 35.8 Å². The molecule has 3 heteroatoms. The molecule has 2 aliphatic heterocycles. The summed E-state index contributed by atoms with van der Waals surface area (Å²) in [6.07, 6.45) is 5.48. The Kier molecular flexibility index (Phi) is 4.98. The highest BCUT2D eigenvalue weighted by atomic mass is 32.2. The molecule has 0 saturated carbocycles. The largest absolute Gasteiger partial charge is 0.310 e. The second kappa shape index (κ2) is 6.27. The molecule has 2 saturated heterocycles. The highest BCUT2D eigenvalue weighted by Gasteiger charge is 2.22. The first-order valence-corrected chi connectivity index (χ1v) is 7.99. The summed E-state index contributed by atoms with van der Waals surface area (Å²) >= 11 is 2.11. The number of thioether (sulfide) groups is 1. The predicted octanol–water partition coefficient (Wildman–Crippen LogP) is 2.34. The van der Waals surface area contributed by atoms with Crippen molar-refractivity contribution in [2.24, 2.45) is 0 Å². The van der Waals surface area contributed by atoms with Gasteiger partial charge in [-0.2, -0.15) is 11.8 Å². The zero-order chi connectivity index (χ0) is 11.4. The van der Waals surface area contributed by atoms with Crippen LogP contribution in [0.25, 0.3) is 0 Å². The number of rotatable bonds is 3. The molecule has 0 amide bonds. The maximum atomic E-state index is 3.87. The van der Waals surface area contributed by atoms with Gasteiger partial charge in [0, 0.05) is 23.9 Å². The van der Waals surface area contributed by atoms with E-state index in [1.165, 1.54) is 50.3 Å². The summed E-state index contributed by atoms with van der Waals surface area (Å²) in [5.41, 5.74) is 0. The lowest BCUT2D eigenvalue weighted by Gasteiger charge is -2.25. The second-order valence-electron chi connectivity index (χ2n) is 5.48. The van der Waals surface area contributed by atoms with Crippen LogP contribution in [0.5, 0.6) is 0 Å². The van der Waals surface area contributed by atoms with E-state index in [4.69, 9.17) is 0 Å². The third kappa shape index (κ3) is 3.64. The first kappa shape index (κ1) is 12.7. The van der Waals surface area contributed by atoms with Crippen LogP contribution in [0.4, 0.5) is 0 Å². The Bertz CT molecular complexity index is 202. The molecular formula is C13H26N2S. The van der Waals surface area contributed by atoms with E-state index in [0.29, 0.717) is 0 Å². The molecule has 94 valence electrons. The maximum Gasteiger partial charge on any atom is 0.0168 e. The zero-order valence-corrected chi connectivity index (χ0v) is 11.6. The molecule has 0 aromatic carbocycles. The Hall–Kier alpha value is 0.270. The van der Waals surface area contributed by atoms with Crippen molar-refractivity contribution in [3.63, 3.8) is 0 Å². The summed E-state index contributed by atoms with van der Waals surface area (Å²) in [5, 5.41) is 3.87. The van der Waals surface area contributed by atoms with Gasteiger partial charge in [0.2, 0.25) is 0 Å². The molecule has 1 N–H and O–H groups in total. The highest BCUT2D eigenvalue weighted by Crippen LogP contribution is 2.20. The van der Waals surface area contributed by atoms with Crippen LogP contribution in [0.1, 0.15) is 39.5 Å². The van der Waals surface area contributed by atoms with Crippen molar-refractivity contribution >= 4 is 11.8 Å². The third-order valence-electron chi connectivity index (χ3n) is 3.89. The predicted molar refractivity (Wildman–Crippen MR) is 73.2 cm³/mol. The van der Waals surface area contributed by atoms with E-state index >= 15 is 0 Å². The molecule has 2 atom stereocenters. The van der Waals surface area contributed by atoms with E-state index in [1.807, 2.05) is 0 Å². The molecule has 2 aliphatic rings. The van der Waals surface area contributed by atoms with Crippen molar-refractivity contribution in [1.29, 1.82) is 0 Å². The van der Waals surface area contributed by atoms with Crippen molar-refractivity contribution in [2.45, 2.75) is 57.7 Å². The summed E-state index contributed by atoms with van der Waals surface area (Å²) in [4.78, 5) is 2.63. The molecule has 2 unspecified atom stereocenters. The van der Waals surface area contributed by atoms with Crippen LogP contribution in [-0.2, 0) is 0 Å². The van der Waals surface area contributed by atoms with Gasteiger partial charge in [-0.05, 0) is 58.4 Å². The van der Waals surface area contributed by atoms with Crippen LogP contribution < -0.4 is 5.32 Å². The molecule has 0 aliphatic carbocycles. The summed E-state index contributed by atoms with van der Waals surface area (Å²) < 4.78 is 0. The molecule has 16 heavy (non-hydrogen) atoms. The number of nitrogens with one attached hydrogen (secondary N) is 1. The van der Waals surface area contributed by atoms with E-state index in [-0.39, 0.29) is 0 Å². The fourth-order valence-electron chi connectivity index (χ4n) is 2.80. The van der Waals surface area contributed by atoms with Gasteiger partial charge in [-0.25, -0.2) is 0 Å². The van der Waals surface area contributed by atoms with Gasteiger partial charge >= 0.3 is 0 Å². The van der Waals surface area contributed by atoms with E-state index in [9.17, 15) is 0 Å². The molecule has 2 fully saturated rings. The minimum atomic E-state index is 0.723. The van der Waals surface area contributed by atoms with Crippen LogP contribution in [0.2, 0.25) is 0 Å².